The van der Waals surface area contributed by atoms with Gasteiger partial charge in [0, 0.05) is 11.3 Å². The first-order valence-electron chi connectivity index (χ1n) is 4.76. The van der Waals surface area contributed by atoms with Crippen molar-refractivity contribution < 1.29 is 0 Å². The Morgan fingerprint density at radius 1 is 1.43 bits per heavy atom. The highest BCUT2D eigenvalue weighted by molar-refractivity contribution is 5.49. The molecule has 0 spiro atoms. The van der Waals surface area contributed by atoms with Crippen LogP contribution in [0.4, 0.5) is 5.82 Å². The first kappa shape index (κ1) is 10.6. The molecule has 0 amide bonds. The molecule has 0 saturated heterocycles. The minimum atomic E-state index is 0.385. The zero-order chi connectivity index (χ0) is 10.7. The van der Waals surface area contributed by atoms with Crippen molar-refractivity contribution >= 4 is 5.82 Å². The van der Waals surface area contributed by atoms with Crippen molar-refractivity contribution in [1.29, 1.82) is 0 Å². The van der Waals surface area contributed by atoms with Gasteiger partial charge in [0.05, 0.1) is 0 Å². The Bertz CT molecular complexity index is 395. The molecule has 2 nitrogen and oxygen atoms in total. The summed E-state index contributed by atoms with van der Waals surface area (Å²) < 4.78 is 0. The van der Waals surface area contributed by atoms with Crippen molar-refractivity contribution in [2.45, 2.75) is 33.6 Å². The number of pyridine rings is 1. The van der Waals surface area contributed by atoms with Crippen LogP contribution in [-0.2, 0) is 0 Å². The molecule has 0 aliphatic heterocycles. The third-order valence-electron chi connectivity index (χ3n) is 2.14. The molecule has 2 heteroatoms. The van der Waals surface area contributed by atoms with E-state index in [1.807, 2.05) is 19.9 Å². The predicted octanol–water partition coefficient (Wildman–Crippen LogP) is 2.47. The maximum absolute atomic E-state index is 5.72. The summed E-state index contributed by atoms with van der Waals surface area (Å²) in [5.41, 5.74) is 8.89. The predicted molar refractivity (Wildman–Crippen MR) is 60.0 cm³/mol. The lowest BCUT2D eigenvalue weighted by molar-refractivity contribution is 0.813. The third kappa shape index (κ3) is 2.05. The van der Waals surface area contributed by atoms with E-state index in [0.29, 0.717) is 11.7 Å². The Morgan fingerprint density at radius 2 is 2.07 bits per heavy atom. The molecule has 1 aromatic heterocycles. The fraction of sp³-hybridized carbons (Fsp3) is 0.417. The first-order valence-corrected chi connectivity index (χ1v) is 4.76. The van der Waals surface area contributed by atoms with Crippen molar-refractivity contribution in [3.63, 3.8) is 0 Å². The second-order valence-electron chi connectivity index (χ2n) is 3.63. The molecule has 0 aliphatic rings. The van der Waals surface area contributed by atoms with Gasteiger partial charge < -0.3 is 5.73 Å². The smallest absolute Gasteiger partial charge is 0.124 e. The number of nitrogen functional groups attached to an aromatic ring is 1. The molecule has 1 rings (SSSR count). The van der Waals surface area contributed by atoms with Crippen LogP contribution in [0.2, 0.25) is 0 Å². The number of hydrogen-bond acceptors (Lipinski definition) is 2. The average molecular weight is 188 g/mol. The molecule has 0 fully saturated rings. The van der Waals surface area contributed by atoms with Gasteiger partial charge in [-0.1, -0.05) is 19.8 Å². The topological polar surface area (TPSA) is 38.9 Å². The van der Waals surface area contributed by atoms with E-state index in [4.69, 9.17) is 5.73 Å². The summed E-state index contributed by atoms with van der Waals surface area (Å²) in [6.07, 6.45) is 0. The van der Waals surface area contributed by atoms with E-state index in [1.54, 1.807) is 0 Å². The summed E-state index contributed by atoms with van der Waals surface area (Å²) in [5, 5.41) is 0. The van der Waals surface area contributed by atoms with Crippen molar-refractivity contribution in [2.24, 2.45) is 0 Å². The molecule has 1 heterocycles. The van der Waals surface area contributed by atoms with Gasteiger partial charge in [-0.15, -0.1) is 5.92 Å². The number of aromatic nitrogens is 1. The van der Waals surface area contributed by atoms with Gasteiger partial charge in [-0.3, -0.25) is 0 Å². The van der Waals surface area contributed by atoms with Crippen molar-refractivity contribution in [2.75, 3.05) is 5.73 Å². The van der Waals surface area contributed by atoms with Gasteiger partial charge in [0.25, 0.3) is 0 Å². The zero-order valence-electron chi connectivity index (χ0n) is 9.18. The number of rotatable bonds is 1. The van der Waals surface area contributed by atoms with Gasteiger partial charge in [0.2, 0.25) is 0 Å². The summed E-state index contributed by atoms with van der Waals surface area (Å²) in [5.74, 6) is 6.86. The highest BCUT2D eigenvalue weighted by atomic mass is 14.8. The van der Waals surface area contributed by atoms with Crippen LogP contribution < -0.4 is 5.73 Å². The van der Waals surface area contributed by atoms with Crippen LogP contribution in [0.3, 0.4) is 0 Å². The van der Waals surface area contributed by atoms with E-state index in [1.165, 1.54) is 0 Å². The van der Waals surface area contributed by atoms with Gasteiger partial charge in [0.15, 0.2) is 0 Å². The molecule has 0 atom stereocenters. The van der Waals surface area contributed by atoms with Gasteiger partial charge in [-0.2, -0.15) is 0 Å². The Kier molecular flexibility index (Phi) is 3.14. The second-order valence-corrected chi connectivity index (χ2v) is 3.63. The quantitative estimate of drug-likeness (QED) is 0.687. The maximum atomic E-state index is 5.72. The summed E-state index contributed by atoms with van der Waals surface area (Å²) in [7, 11) is 0. The normalized spacial score (nSPS) is 9.79. The minimum Gasteiger partial charge on any atom is -0.384 e. The van der Waals surface area contributed by atoms with E-state index < -0.39 is 0 Å². The Balaban J connectivity index is 3.37. The van der Waals surface area contributed by atoms with Crippen LogP contribution in [0.5, 0.6) is 0 Å². The molecular weight excluding hydrogens is 172 g/mol. The monoisotopic (exact) mass is 188 g/mol. The molecule has 0 aliphatic carbocycles. The summed E-state index contributed by atoms with van der Waals surface area (Å²) >= 11 is 0. The van der Waals surface area contributed by atoms with Crippen LogP contribution in [0.1, 0.15) is 43.5 Å². The van der Waals surface area contributed by atoms with Gasteiger partial charge in [0.1, 0.15) is 5.82 Å². The molecule has 0 bridgehead atoms. The van der Waals surface area contributed by atoms with Gasteiger partial charge in [-0.05, 0) is 31.4 Å². The largest absolute Gasteiger partial charge is 0.384 e. The van der Waals surface area contributed by atoms with Gasteiger partial charge >= 0.3 is 0 Å². The molecule has 2 N–H and O–H groups in total. The average Bonchev–Trinajstić information content (AvgIpc) is 2.10. The fourth-order valence-corrected chi connectivity index (χ4v) is 1.48. The van der Waals surface area contributed by atoms with E-state index in [2.05, 4.69) is 30.7 Å². The molecule has 74 valence electrons. The number of hydrogen-bond donors (Lipinski definition) is 1. The van der Waals surface area contributed by atoms with E-state index in [0.717, 1.165) is 16.8 Å². The molecule has 0 radical (unpaired) electrons. The Morgan fingerprint density at radius 3 is 2.57 bits per heavy atom. The standard InChI is InChI=1S/C12H16N2/c1-5-6-10-7-11(13)14-12(8(2)3)9(10)4/h7-8H,1-4H3,(H2,13,14). The number of anilines is 1. The van der Waals surface area contributed by atoms with E-state index in [9.17, 15) is 0 Å². The second kappa shape index (κ2) is 4.15. The van der Waals surface area contributed by atoms with Crippen molar-refractivity contribution in [3.05, 3.63) is 22.9 Å². The third-order valence-corrected chi connectivity index (χ3v) is 2.14. The van der Waals surface area contributed by atoms with Crippen LogP contribution in [0, 0.1) is 18.8 Å². The summed E-state index contributed by atoms with van der Waals surface area (Å²) in [6, 6.07) is 1.83. The van der Waals surface area contributed by atoms with Crippen LogP contribution >= 0.6 is 0 Å². The fourth-order valence-electron chi connectivity index (χ4n) is 1.48. The zero-order valence-corrected chi connectivity index (χ0v) is 9.18. The Hall–Kier alpha value is -1.49. The highest BCUT2D eigenvalue weighted by Gasteiger charge is 2.09. The van der Waals surface area contributed by atoms with E-state index >= 15 is 0 Å². The molecule has 0 saturated carbocycles. The maximum Gasteiger partial charge on any atom is 0.124 e. The van der Waals surface area contributed by atoms with Crippen LogP contribution in [-0.4, -0.2) is 4.98 Å². The molecular formula is C12H16N2. The van der Waals surface area contributed by atoms with E-state index in [-0.39, 0.29) is 0 Å². The lowest BCUT2D eigenvalue weighted by Crippen LogP contribution is -2.03. The summed E-state index contributed by atoms with van der Waals surface area (Å²) in [6.45, 7) is 8.09. The number of nitrogens with two attached hydrogens (primary N) is 1. The molecule has 0 unspecified atom stereocenters. The first-order chi connectivity index (χ1) is 6.56. The number of nitrogens with zero attached hydrogens (tertiary/aromatic N) is 1. The lowest BCUT2D eigenvalue weighted by Gasteiger charge is -2.11. The van der Waals surface area contributed by atoms with Crippen molar-refractivity contribution in [3.8, 4) is 11.8 Å². The van der Waals surface area contributed by atoms with Crippen LogP contribution in [0.25, 0.3) is 0 Å². The lowest BCUT2D eigenvalue weighted by atomic mass is 10.0. The summed E-state index contributed by atoms with van der Waals surface area (Å²) in [4.78, 5) is 4.33. The SMILES string of the molecule is CC#Cc1cc(N)nc(C(C)C)c1C. The van der Waals surface area contributed by atoms with Gasteiger partial charge in [-0.25, -0.2) is 4.98 Å². The minimum absolute atomic E-state index is 0.385. The van der Waals surface area contributed by atoms with Crippen molar-refractivity contribution in [1.82, 2.24) is 4.98 Å². The molecule has 14 heavy (non-hydrogen) atoms. The van der Waals surface area contributed by atoms with Crippen LogP contribution in [0.15, 0.2) is 6.07 Å². The molecule has 1 aromatic rings. The highest BCUT2D eigenvalue weighted by Crippen LogP contribution is 2.21. The Labute approximate surface area is 85.5 Å². The molecule has 0 aromatic carbocycles.